The van der Waals surface area contributed by atoms with Gasteiger partial charge in [-0.3, -0.25) is 0 Å². The lowest BCUT2D eigenvalue weighted by molar-refractivity contribution is 0.490. The molecule has 1 fully saturated rings. The zero-order valence-corrected chi connectivity index (χ0v) is 10.4. The van der Waals surface area contributed by atoms with Crippen molar-refractivity contribution in [3.8, 4) is 0 Å². The summed E-state index contributed by atoms with van der Waals surface area (Å²) in [6.07, 6.45) is 4.16. The quantitative estimate of drug-likeness (QED) is 0.878. The van der Waals surface area contributed by atoms with Crippen molar-refractivity contribution in [3.63, 3.8) is 0 Å². The summed E-state index contributed by atoms with van der Waals surface area (Å²) in [5, 5.41) is 7.77. The predicted octanol–water partition coefficient (Wildman–Crippen LogP) is 2.03. The third kappa shape index (κ3) is 1.85. The predicted molar refractivity (Wildman–Crippen MR) is 65.9 cm³/mol. The van der Waals surface area contributed by atoms with Crippen LogP contribution in [-0.4, -0.2) is 25.1 Å². The molecule has 0 aliphatic heterocycles. The van der Waals surface area contributed by atoms with Crippen LogP contribution < -0.4 is 5.32 Å². The highest BCUT2D eigenvalue weighted by molar-refractivity contribution is 5.46. The zero-order valence-electron chi connectivity index (χ0n) is 10.4. The summed E-state index contributed by atoms with van der Waals surface area (Å²) >= 11 is 0. The van der Waals surface area contributed by atoms with E-state index >= 15 is 0 Å². The molecule has 3 rings (SSSR count). The van der Waals surface area contributed by atoms with Gasteiger partial charge in [0.1, 0.15) is 12.1 Å². The zero-order chi connectivity index (χ0) is 12.0. The van der Waals surface area contributed by atoms with E-state index in [0.29, 0.717) is 5.78 Å². The lowest BCUT2D eigenvalue weighted by Gasteiger charge is -2.27. The van der Waals surface area contributed by atoms with Crippen LogP contribution in [0, 0.1) is 12.8 Å². The molecular weight excluding hydrogens is 214 g/mol. The molecular formula is C12H17N5. The maximum Gasteiger partial charge on any atom is 0.254 e. The highest BCUT2D eigenvalue weighted by Gasteiger charge is 2.38. The molecule has 0 unspecified atom stereocenters. The Morgan fingerprint density at radius 2 is 2.18 bits per heavy atom. The first kappa shape index (κ1) is 10.5. The average Bonchev–Trinajstić information content (AvgIpc) is 2.99. The van der Waals surface area contributed by atoms with Crippen molar-refractivity contribution >= 4 is 11.6 Å². The van der Waals surface area contributed by atoms with Crippen molar-refractivity contribution in [1.82, 2.24) is 19.6 Å². The van der Waals surface area contributed by atoms with Gasteiger partial charge in [-0.15, -0.1) is 0 Å². The van der Waals surface area contributed by atoms with E-state index in [-0.39, 0.29) is 5.54 Å². The molecule has 1 saturated carbocycles. The van der Waals surface area contributed by atoms with E-state index in [0.717, 1.165) is 17.4 Å². The molecule has 0 bridgehead atoms. The van der Waals surface area contributed by atoms with Gasteiger partial charge < -0.3 is 5.32 Å². The molecule has 0 spiro atoms. The second-order valence-corrected chi connectivity index (χ2v) is 5.38. The molecule has 2 aromatic rings. The number of fused-ring (bicyclic) bond motifs is 1. The van der Waals surface area contributed by atoms with Crippen LogP contribution in [0.4, 0.5) is 5.82 Å². The van der Waals surface area contributed by atoms with Crippen molar-refractivity contribution < 1.29 is 0 Å². The van der Waals surface area contributed by atoms with Gasteiger partial charge in [-0.25, -0.2) is 4.98 Å². The van der Waals surface area contributed by atoms with Gasteiger partial charge in [0.05, 0.1) is 0 Å². The third-order valence-electron chi connectivity index (χ3n) is 3.43. The van der Waals surface area contributed by atoms with Crippen LogP contribution in [0.25, 0.3) is 5.78 Å². The first-order chi connectivity index (χ1) is 8.06. The van der Waals surface area contributed by atoms with Gasteiger partial charge in [0.25, 0.3) is 5.78 Å². The van der Waals surface area contributed by atoms with E-state index in [4.69, 9.17) is 0 Å². The van der Waals surface area contributed by atoms with Crippen molar-refractivity contribution in [2.24, 2.45) is 5.92 Å². The van der Waals surface area contributed by atoms with Crippen molar-refractivity contribution in [2.75, 3.05) is 5.32 Å². The fourth-order valence-corrected chi connectivity index (χ4v) is 2.26. The van der Waals surface area contributed by atoms with Gasteiger partial charge in [-0.2, -0.15) is 14.6 Å². The standard InChI is InChI=1S/C12H17N5/c1-8-6-10(16-12(2,3)9-4-5-9)17-11(15-8)13-7-14-17/h6-7,9,16H,4-5H2,1-3H3. The van der Waals surface area contributed by atoms with Gasteiger partial charge in [0.2, 0.25) is 0 Å². The van der Waals surface area contributed by atoms with Crippen LogP contribution in [0.1, 0.15) is 32.4 Å². The number of hydrogen-bond acceptors (Lipinski definition) is 4. The number of nitrogens with one attached hydrogen (secondary N) is 1. The Morgan fingerprint density at radius 3 is 2.88 bits per heavy atom. The highest BCUT2D eigenvalue weighted by atomic mass is 15.4. The molecule has 0 atom stereocenters. The molecule has 0 radical (unpaired) electrons. The van der Waals surface area contributed by atoms with E-state index in [1.165, 1.54) is 19.2 Å². The highest BCUT2D eigenvalue weighted by Crippen LogP contribution is 2.41. The van der Waals surface area contributed by atoms with Gasteiger partial charge in [-0.1, -0.05) is 0 Å². The molecule has 1 aliphatic rings. The normalized spacial score (nSPS) is 16.4. The van der Waals surface area contributed by atoms with Crippen LogP contribution in [0.15, 0.2) is 12.4 Å². The molecule has 2 heterocycles. The Kier molecular flexibility index (Phi) is 2.11. The molecule has 90 valence electrons. The largest absolute Gasteiger partial charge is 0.365 e. The van der Waals surface area contributed by atoms with Crippen molar-refractivity contribution in [1.29, 1.82) is 0 Å². The average molecular weight is 231 g/mol. The van der Waals surface area contributed by atoms with Crippen LogP contribution in [-0.2, 0) is 0 Å². The molecule has 1 aliphatic carbocycles. The van der Waals surface area contributed by atoms with Crippen LogP contribution in [0.3, 0.4) is 0 Å². The molecule has 2 aromatic heterocycles. The van der Waals surface area contributed by atoms with Gasteiger partial charge in [0, 0.05) is 17.3 Å². The van der Waals surface area contributed by atoms with Gasteiger partial charge >= 0.3 is 0 Å². The second kappa shape index (κ2) is 3.42. The number of nitrogens with zero attached hydrogens (tertiary/aromatic N) is 4. The molecule has 0 aromatic carbocycles. The fraction of sp³-hybridized carbons (Fsp3) is 0.583. The lowest BCUT2D eigenvalue weighted by Crippen LogP contribution is -2.34. The maximum atomic E-state index is 4.34. The van der Waals surface area contributed by atoms with Crippen molar-refractivity contribution in [3.05, 3.63) is 18.1 Å². The lowest BCUT2D eigenvalue weighted by atomic mass is 9.99. The Labute approximate surface area is 100 Å². The molecule has 0 amide bonds. The van der Waals surface area contributed by atoms with Crippen LogP contribution >= 0.6 is 0 Å². The summed E-state index contributed by atoms with van der Waals surface area (Å²) in [6, 6.07) is 2.02. The van der Waals surface area contributed by atoms with Gasteiger partial charge in [-0.05, 0) is 39.5 Å². The summed E-state index contributed by atoms with van der Waals surface area (Å²) in [5.41, 5.74) is 1.06. The van der Waals surface area contributed by atoms with Crippen LogP contribution in [0.2, 0.25) is 0 Å². The Balaban J connectivity index is 2.01. The first-order valence-corrected chi connectivity index (χ1v) is 6.02. The molecule has 1 N–H and O–H groups in total. The SMILES string of the molecule is Cc1cc(NC(C)(C)C2CC2)n2ncnc2n1. The summed E-state index contributed by atoms with van der Waals surface area (Å²) in [6.45, 7) is 6.45. The monoisotopic (exact) mass is 231 g/mol. The molecule has 17 heavy (non-hydrogen) atoms. The smallest absolute Gasteiger partial charge is 0.254 e. The second-order valence-electron chi connectivity index (χ2n) is 5.38. The topological polar surface area (TPSA) is 55.1 Å². The Morgan fingerprint density at radius 1 is 1.41 bits per heavy atom. The van der Waals surface area contributed by atoms with Gasteiger partial charge in [0.15, 0.2) is 0 Å². The molecule has 5 nitrogen and oxygen atoms in total. The minimum Gasteiger partial charge on any atom is -0.365 e. The van der Waals surface area contributed by atoms with E-state index in [9.17, 15) is 0 Å². The maximum absolute atomic E-state index is 4.34. The molecule has 0 saturated heterocycles. The minimum absolute atomic E-state index is 0.104. The molecule has 5 heteroatoms. The summed E-state index contributed by atoms with van der Waals surface area (Å²) < 4.78 is 1.76. The summed E-state index contributed by atoms with van der Waals surface area (Å²) in [7, 11) is 0. The number of aromatic nitrogens is 4. The fourth-order valence-electron chi connectivity index (χ4n) is 2.26. The van der Waals surface area contributed by atoms with E-state index in [1.807, 2.05) is 13.0 Å². The summed E-state index contributed by atoms with van der Waals surface area (Å²) in [4.78, 5) is 8.47. The number of rotatable bonds is 3. The Bertz CT molecular complexity index is 553. The van der Waals surface area contributed by atoms with Crippen molar-refractivity contribution in [2.45, 2.75) is 39.2 Å². The van der Waals surface area contributed by atoms with Crippen LogP contribution in [0.5, 0.6) is 0 Å². The van der Waals surface area contributed by atoms with E-state index in [1.54, 1.807) is 4.52 Å². The number of anilines is 1. The van der Waals surface area contributed by atoms with E-state index < -0.39 is 0 Å². The minimum atomic E-state index is 0.104. The third-order valence-corrected chi connectivity index (χ3v) is 3.43. The Hall–Kier alpha value is -1.65. The number of hydrogen-bond donors (Lipinski definition) is 1. The summed E-state index contributed by atoms with van der Waals surface area (Å²) in [5.74, 6) is 2.38. The first-order valence-electron chi connectivity index (χ1n) is 6.02. The van der Waals surface area contributed by atoms with E-state index in [2.05, 4.69) is 34.2 Å². The number of aryl methyl sites for hydroxylation is 1.